The van der Waals surface area contributed by atoms with Gasteiger partial charge in [0.1, 0.15) is 0 Å². The number of pyridine rings is 1. The molecule has 1 aromatic carbocycles. The Kier molecular flexibility index (Phi) is 9.37. The molecule has 5 heteroatoms. The van der Waals surface area contributed by atoms with Crippen LogP contribution in [0, 0.1) is 5.92 Å². The summed E-state index contributed by atoms with van der Waals surface area (Å²) in [5.74, 6) is 1.45. The molecule has 0 aliphatic heterocycles. The van der Waals surface area contributed by atoms with Crippen LogP contribution in [-0.4, -0.2) is 24.0 Å². The second-order valence-electron chi connectivity index (χ2n) is 5.89. The smallest absolute Gasteiger partial charge is 0.191 e. The summed E-state index contributed by atoms with van der Waals surface area (Å²) < 4.78 is 0. The van der Waals surface area contributed by atoms with Gasteiger partial charge in [-0.1, -0.05) is 38.1 Å². The van der Waals surface area contributed by atoms with Crippen molar-refractivity contribution in [3.8, 4) is 11.3 Å². The highest BCUT2D eigenvalue weighted by molar-refractivity contribution is 14.0. The molecule has 2 N–H and O–H groups in total. The number of aliphatic imine (C=N–C) groups is 1. The molecule has 1 heterocycles. The molecule has 130 valence electrons. The monoisotopic (exact) mass is 438 g/mol. The van der Waals surface area contributed by atoms with E-state index in [1.54, 1.807) is 0 Å². The Morgan fingerprint density at radius 1 is 1.12 bits per heavy atom. The van der Waals surface area contributed by atoms with E-state index in [1.165, 1.54) is 5.56 Å². The molecule has 0 amide bonds. The predicted molar refractivity (Wildman–Crippen MR) is 113 cm³/mol. The molecule has 0 fully saturated rings. The predicted octanol–water partition coefficient (Wildman–Crippen LogP) is 4.08. The van der Waals surface area contributed by atoms with E-state index in [4.69, 9.17) is 0 Å². The number of hydrogen-bond acceptors (Lipinski definition) is 2. The molecule has 0 spiro atoms. The summed E-state index contributed by atoms with van der Waals surface area (Å²) in [6.07, 6.45) is 1.82. The molecular weight excluding hydrogens is 411 g/mol. The second-order valence-corrected chi connectivity index (χ2v) is 5.89. The van der Waals surface area contributed by atoms with E-state index >= 15 is 0 Å². The molecule has 0 aliphatic rings. The van der Waals surface area contributed by atoms with Gasteiger partial charge in [0, 0.05) is 24.8 Å². The van der Waals surface area contributed by atoms with Crippen molar-refractivity contribution >= 4 is 29.9 Å². The normalized spacial score (nSPS) is 11.1. The SMILES string of the molecule is CCNC(=NCc1cccc(-c2ccccn2)c1)NCC(C)C.I. The number of rotatable bonds is 6. The molecule has 0 atom stereocenters. The van der Waals surface area contributed by atoms with Gasteiger partial charge in [-0.3, -0.25) is 4.98 Å². The second kappa shape index (κ2) is 11.0. The maximum Gasteiger partial charge on any atom is 0.191 e. The molecule has 2 aromatic rings. The zero-order chi connectivity index (χ0) is 16.5. The van der Waals surface area contributed by atoms with E-state index in [-0.39, 0.29) is 24.0 Å². The summed E-state index contributed by atoms with van der Waals surface area (Å²) in [5, 5.41) is 6.64. The van der Waals surface area contributed by atoms with Crippen LogP contribution < -0.4 is 10.6 Å². The third-order valence-electron chi connectivity index (χ3n) is 3.33. The number of aromatic nitrogens is 1. The summed E-state index contributed by atoms with van der Waals surface area (Å²) >= 11 is 0. The molecule has 0 unspecified atom stereocenters. The van der Waals surface area contributed by atoms with Crippen LogP contribution in [0.2, 0.25) is 0 Å². The molecule has 0 radical (unpaired) electrons. The third kappa shape index (κ3) is 6.86. The summed E-state index contributed by atoms with van der Waals surface area (Å²) in [7, 11) is 0. The number of hydrogen-bond donors (Lipinski definition) is 2. The van der Waals surface area contributed by atoms with E-state index in [0.717, 1.165) is 30.3 Å². The van der Waals surface area contributed by atoms with Crippen molar-refractivity contribution in [2.24, 2.45) is 10.9 Å². The van der Waals surface area contributed by atoms with Crippen LogP contribution in [-0.2, 0) is 6.54 Å². The van der Waals surface area contributed by atoms with Crippen LogP contribution >= 0.6 is 24.0 Å². The molecule has 0 aliphatic carbocycles. The van der Waals surface area contributed by atoms with Crippen LogP contribution in [0.25, 0.3) is 11.3 Å². The molecule has 0 saturated heterocycles. The van der Waals surface area contributed by atoms with Crippen molar-refractivity contribution in [2.45, 2.75) is 27.3 Å². The summed E-state index contributed by atoms with van der Waals surface area (Å²) in [6.45, 7) is 8.87. The number of guanidine groups is 1. The molecule has 1 aromatic heterocycles. The highest BCUT2D eigenvalue weighted by atomic mass is 127. The molecule has 4 nitrogen and oxygen atoms in total. The van der Waals surface area contributed by atoms with Crippen molar-refractivity contribution in [3.05, 3.63) is 54.2 Å². The number of halogens is 1. The van der Waals surface area contributed by atoms with Crippen LogP contribution in [0.15, 0.2) is 53.7 Å². The van der Waals surface area contributed by atoms with E-state index < -0.39 is 0 Å². The number of benzene rings is 1. The standard InChI is InChI=1S/C19H26N4.HI/c1-4-20-19(22-13-15(2)3)23-14-16-8-7-9-17(12-16)18-10-5-6-11-21-18;/h5-12,15H,4,13-14H2,1-3H3,(H2,20,22,23);1H. The average molecular weight is 438 g/mol. The molecule has 24 heavy (non-hydrogen) atoms. The highest BCUT2D eigenvalue weighted by Crippen LogP contribution is 2.18. The Labute approximate surface area is 162 Å². The van der Waals surface area contributed by atoms with E-state index in [0.29, 0.717) is 12.5 Å². The fourth-order valence-corrected chi connectivity index (χ4v) is 2.18. The zero-order valence-electron chi connectivity index (χ0n) is 14.6. The first-order valence-corrected chi connectivity index (χ1v) is 8.21. The fraction of sp³-hybridized carbons (Fsp3) is 0.368. The average Bonchev–Trinajstić information content (AvgIpc) is 2.58. The van der Waals surface area contributed by atoms with Crippen LogP contribution in [0.5, 0.6) is 0 Å². The fourth-order valence-electron chi connectivity index (χ4n) is 2.18. The lowest BCUT2D eigenvalue weighted by atomic mass is 10.1. The zero-order valence-corrected chi connectivity index (χ0v) is 17.0. The first-order valence-electron chi connectivity index (χ1n) is 8.21. The van der Waals surface area contributed by atoms with Gasteiger partial charge in [0.15, 0.2) is 5.96 Å². The maximum atomic E-state index is 4.66. The van der Waals surface area contributed by atoms with Gasteiger partial charge in [0.25, 0.3) is 0 Å². The summed E-state index contributed by atoms with van der Waals surface area (Å²) in [6, 6.07) is 14.4. The maximum absolute atomic E-state index is 4.66. The Morgan fingerprint density at radius 3 is 2.62 bits per heavy atom. The van der Waals surface area contributed by atoms with Crippen molar-refractivity contribution in [3.63, 3.8) is 0 Å². The third-order valence-corrected chi connectivity index (χ3v) is 3.33. The van der Waals surface area contributed by atoms with Gasteiger partial charge in [-0.25, -0.2) is 4.99 Å². The topological polar surface area (TPSA) is 49.3 Å². The largest absolute Gasteiger partial charge is 0.357 e. The molecule has 2 rings (SSSR count). The lowest BCUT2D eigenvalue weighted by molar-refractivity contribution is 0.615. The first kappa shape index (κ1) is 20.4. The highest BCUT2D eigenvalue weighted by Gasteiger charge is 2.02. The van der Waals surface area contributed by atoms with Gasteiger partial charge in [0.05, 0.1) is 12.2 Å². The summed E-state index contributed by atoms with van der Waals surface area (Å²) in [5.41, 5.74) is 3.29. The van der Waals surface area contributed by atoms with Crippen molar-refractivity contribution in [1.29, 1.82) is 0 Å². The van der Waals surface area contributed by atoms with Crippen molar-refractivity contribution in [2.75, 3.05) is 13.1 Å². The molecule has 0 bridgehead atoms. The van der Waals surface area contributed by atoms with Gasteiger partial charge >= 0.3 is 0 Å². The van der Waals surface area contributed by atoms with Crippen LogP contribution in [0.1, 0.15) is 26.3 Å². The minimum Gasteiger partial charge on any atom is -0.357 e. The van der Waals surface area contributed by atoms with Crippen molar-refractivity contribution < 1.29 is 0 Å². The van der Waals surface area contributed by atoms with Crippen LogP contribution in [0.4, 0.5) is 0 Å². The van der Waals surface area contributed by atoms with Gasteiger partial charge < -0.3 is 10.6 Å². The molecular formula is C19H27IN4. The summed E-state index contributed by atoms with van der Waals surface area (Å²) in [4.78, 5) is 9.07. The van der Waals surface area contributed by atoms with E-state index in [9.17, 15) is 0 Å². The Morgan fingerprint density at radius 2 is 1.96 bits per heavy atom. The van der Waals surface area contributed by atoms with Gasteiger partial charge in [-0.05, 0) is 36.6 Å². The Bertz CT molecular complexity index is 626. The van der Waals surface area contributed by atoms with Gasteiger partial charge in [0.2, 0.25) is 0 Å². The Hall–Kier alpha value is -1.63. The van der Waals surface area contributed by atoms with Gasteiger partial charge in [-0.2, -0.15) is 0 Å². The number of nitrogens with zero attached hydrogens (tertiary/aromatic N) is 2. The lowest BCUT2D eigenvalue weighted by Crippen LogP contribution is -2.39. The Balaban J connectivity index is 0.00000288. The molecule has 0 saturated carbocycles. The van der Waals surface area contributed by atoms with E-state index in [1.807, 2.05) is 24.4 Å². The minimum absolute atomic E-state index is 0. The minimum atomic E-state index is 0. The first-order chi connectivity index (χ1) is 11.2. The van der Waals surface area contributed by atoms with Gasteiger partial charge in [-0.15, -0.1) is 24.0 Å². The number of nitrogens with one attached hydrogen (secondary N) is 2. The van der Waals surface area contributed by atoms with Crippen LogP contribution in [0.3, 0.4) is 0 Å². The van der Waals surface area contributed by atoms with Crippen molar-refractivity contribution in [1.82, 2.24) is 15.6 Å². The lowest BCUT2D eigenvalue weighted by Gasteiger charge is -2.13. The van der Waals surface area contributed by atoms with E-state index in [2.05, 4.69) is 65.6 Å². The quantitative estimate of drug-likeness (QED) is 0.406.